The predicted octanol–water partition coefficient (Wildman–Crippen LogP) is 5.26. The first-order chi connectivity index (χ1) is 30.9. The van der Waals surface area contributed by atoms with Crippen LogP contribution in [-0.4, -0.2) is 127 Å². The maximum Gasteiger partial charge on any atom is 0.408 e. The quantitative estimate of drug-likeness (QED) is 0.0883. The van der Waals surface area contributed by atoms with Crippen LogP contribution in [0.15, 0.2) is 36.9 Å². The molecule has 2 aromatic rings. The van der Waals surface area contributed by atoms with Crippen LogP contribution in [0, 0.1) is 11.8 Å². The third-order valence-corrected chi connectivity index (χ3v) is 16.1. The van der Waals surface area contributed by atoms with Crippen molar-refractivity contribution < 1.29 is 46.9 Å². The van der Waals surface area contributed by atoms with E-state index >= 15 is 0 Å². The number of likely N-dealkylation sites (tertiary alicyclic amines) is 1. The molecule has 5 atom stereocenters. The van der Waals surface area contributed by atoms with E-state index in [4.69, 9.17) is 14.2 Å². The summed E-state index contributed by atoms with van der Waals surface area (Å²) in [5.41, 5.74) is 1.41. The standard InChI is InChI=1S/C47H68N6O10S/c1-3-13-37(43(55)51-64(59,60)47(2)21-22-47)49-44(56)39-20-12-23-53(39)45(57)38(30-32-14-6-4-7-15-32)50-46(58)63-40-31-33(40)16-8-5-9-18-35-41(62-29-26-52-24-27-61-28-25-52)34-17-10-11-19-36(34)48-42(35)54/h3,10-11,17,19,32-33,37-40H,1,4-9,12-16,18,20-31H2,2H3,(H,48,54)(H,49,56)(H,50,58)(H,51,55)/t33-,37?,38+,39+,40?/m1/s1. The molecular formula is C47H68N6O10S. The highest BCUT2D eigenvalue weighted by atomic mass is 32.2. The number of carbonyl (C=O) groups excluding carboxylic acids is 4. The minimum atomic E-state index is -3.92. The van der Waals surface area contributed by atoms with Crippen LogP contribution < -0.4 is 20.1 Å². The number of ether oxygens (including phenoxy) is 3. The van der Waals surface area contributed by atoms with E-state index in [2.05, 4.69) is 31.8 Å². The smallest absolute Gasteiger partial charge is 0.408 e. The van der Waals surface area contributed by atoms with Crippen molar-refractivity contribution in [3.8, 4) is 11.6 Å². The maximum atomic E-state index is 14.3. The number of para-hydroxylation sites is 1. The number of carbonyl (C=O) groups is 4. The summed E-state index contributed by atoms with van der Waals surface area (Å²) in [5.74, 6) is -0.600. The first-order valence-corrected chi connectivity index (χ1v) is 25.1. The lowest BCUT2D eigenvalue weighted by Gasteiger charge is -2.32. The van der Waals surface area contributed by atoms with E-state index in [-0.39, 0.29) is 36.1 Å². The molecule has 2 unspecified atom stereocenters. The molecule has 1 aromatic carbocycles. The lowest BCUT2D eigenvalue weighted by Crippen LogP contribution is -2.57. The van der Waals surface area contributed by atoms with Gasteiger partial charge in [-0.3, -0.25) is 24.0 Å². The third kappa shape index (κ3) is 12.2. The van der Waals surface area contributed by atoms with Crippen LogP contribution in [0.2, 0.25) is 0 Å². The highest BCUT2D eigenvalue weighted by molar-refractivity contribution is 7.91. The normalized spacial score (nSPS) is 23.1. The van der Waals surface area contributed by atoms with Gasteiger partial charge in [-0.05, 0) is 95.1 Å². The Morgan fingerprint density at radius 1 is 1.00 bits per heavy atom. The molecule has 0 radical (unpaired) electrons. The van der Waals surface area contributed by atoms with E-state index in [1.807, 2.05) is 24.3 Å². The molecule has 4 amide bonds. The molecule has 0 spiro atoms. The number of hydrogen-bond acceptors (Lipinski definition) is 12. The van der Waals surface area contributed by atoms with E-state index < -0.39 is 50.8 Å². The minimum Gasteiger partial charge on any atom is -0.493 e. The first kappa shape index (κ1) is 47.5. The van der Waals surface area contributed by atoms with E-state index in [1.165, 1.54) is 11.0 Å². The van der Waals surface area contributed by atoms with Gasteiger partial charge < -0.3 is 34.9 Å². The van der Waals surface area contributed by atoms with Crippen LogP contribution in [0.25, 0.3) is 10.9 Å². The Bertz CT molecular complexity index is 2090. The average Bonchev–Trinajstić information content (AvgIpc) is 4.17. The molecule has 0 bridgehead atoms. The van der Waals surface area contributed by atoms with Crippen LogP contribution in [0.5, 0.6) is 11.6 Å². The number of nitrogens with one attached hydrogen (secondary N) is 3. The summed E-state index contributed by atoms with van der Waals surface area (Å²) < 4.78 is 44.4. The fourth-order valence-electron chi connectivity index (χ4n) is 9.49. The molecule has 3 heterocycles. The number of aromatic nitrogens is 1. The molecule has 2 aliphatic heterocycles. The van der Waals surface area contributed by atoms with Crippen molar-refractivity contribution >= 4 is 44.7 Å². The number of hydrogen-bond donors (Lipinski definition) is 4. The lowest BCUT2D eigenvalue weighted by molar-refractivity contribution is -0.141. The van der Waals surface area contributed by atoms with Gasteiger partial charge in [-0.15, -0.1) is 6.58 Å². The number of pyridine rings is 1. The topological polar surface area (TPSA) is 206 Å². The fraction of sp³-hybridized carbons (Fsp3) is 0.681. The monoisotopic (exact) mass is 908 g/mol. The van der Waals surface area contributed by atoms with Crippen LogP contribution >= 0.6 is 0 Å². The van der Waals surface area contributed by atoms with Gasteiger partial charge in [0, 0.05) is 31.6 Å². The molecule has 3 aliphatic carbocycles. The van der Waals surface area contributed by atoms with Crippen molar-refractivity contribution in [2.45, 2.75) is 145 Å². The summed E-state index contributed by atoms with van der Waals surface area (Å²) in [6.07, 6.45) is 12.9. The number of benzene rings is 1. The number of rotatable bonds is 22. The predicted molar refractivity (Wildman–Crippen MR) is 241 cm³/mol. The molecule has 64 heavy (non-hydrogen) atoms. The van der Waals surface area contributed by atoms with Gasteiger partial charge in [0.2, 0.25) is 27.7 Å². The van der Waals surface area contributed by atoms with Crippen molar-refractivity contribution in [1.29, 1.82) is 0 Å². The number of aromatic hydroxyl groups is 1. The van der Waals surface area contributed by atoms with Crippen molar-refractivity contribution in [3.05, 3.63) is 42.5 Å². The Morgan fingerprint density at radius 3 is 2.52 bits per heavy atom. The van der Waals surface area contributed by atoms with Crippen molar-refractivity contribution in [1.82, 2.24) is 30.1 Å². The number of nitrogens with zero attached hydrogens (tertiary/aromatic N) is 3. The molecule has 7 rings (SSSR count). The fourth-order valence-corrected chi connectivity index (χ4v) is 10.8. The van der Waals surface area contributed by atoms with Gasteiger partial charge >= 0.3 is 6.09 Å². The van der Waals surface area contributed by atoms with Crippen molar-refractivity contribution in [2.75, 3.05) is 46.0 Å². The van der Waals surface area contributed by atoms with Gasteiger partial charge in [0.1, 0.15) is 36.6 Å². The van der Waals surface area contributed by atoms with E-state index in [0.29, 0.717) is 62.9 Å². The number of morpholine rings is 1. The summed E-state index contributed by atoms with van der Waals surface area (Å²) >= 11 is 0. The van der Waals surface area contributed by atoms with Crippen LogP contribution in [-0.2, 0) is 40.3 Å². The Hall–Kier alpha value is -4.48. The Labute approximate surface area is 377 Å². The molecular weight excluding hydrogens is 841 g/mol. The highest BCUT2D eigenvalue weighted by Crippen LogP contribution is 2.42. The highest BCUT2D eigenvalue weighted by Gasteiger charge is 2.51. The van der Waals surface area contributed by atoms with Gasteiger partial charge in [0.15, 0.2) is 0 Å². The second-order valence-corrected chi connectivity index (χ2v) is 20.9. The Kier molecular flexibility index (Phi) is 16.1. The minimum absolute atomic E-state index is 0.000180. The van der Waals surface area contributed by atoms with Crippen LogP contribution in [0.1, 0.15) is 115 Å². The molecule has 352 valence electrons. The van der Waals surface area contributed by atoms with E-state index in [9.17, 15) is 32.7 Å². The average molecular weight is 909 g/mol. The zero-order valence-electron chi connectivity index (χ0n) is 37.4. The van der Waals surface area contributed by atoms with Gasteiger partial charge in [-0.25, -0.2) is 18.2 Å². The largest absolute Gasteiger partial charge is 0.493 e. The Morgan fingerprint density at radius 2 is 1.77 bits per heavy atom. The van der Waals surface area contributed by atoms with Crippen molar-refractivity contribution in [3.63, 3.8) is 0 Å². The second kappa shape index (κ2) is 21.7. The number of unbranched alkanes of at least 4 members (excludes halogenated alkanes) is 2. The van der Waals surface area contributed by atoms with Gasteiger partial charge in [-0.1, -0.05) is 63.2 Å². The molecule has 4 N–H and O–H groups in total. The van der Waals surface area contributed by atoms with E-state index in [0.717, 1.165) is 108 Å². The van der Waals surface area contributed by atoms with E-state index in [1.54, 1.807) is 6.92 Å². The van der Waals surface area contributed by atoms with Gasteiger partial charge in [0.25, 0.3) is 5.91 Å². The maximum absolute atomic E-state index is 14.3. The molecule has 2 saturated heterocycles. The lowest BCUT2D eigenvalue weighted by atomic mass is 9.84. The van der Waals surface area contributed by atoms with Crippen LogP contribution in [0.4, 0.5) is 4.79 Å². The van der Waals surface area contributed by atoms with Gasteiger partial charge in [-0.2, -0.15) is 0 Å². The molecule has 5 aliphatic rings. The van der Waals surface area contributed by atoms with Crippen molar-refractivity contribution in [2.24, 2.45) is 11.8 Å². The molecule has 1 aromatic heterocycles. The number of amides is 4. The number of sulfonamides is 1. The number of fused-ring (bicyclic) bond motifs is 1. The summed E-state index contributed by atoms with van der Waals surface area (Å²) in [6.45, 7) is 10.0. The molecule has 3 saturated carbocycles. The molecule has 17 heteroatoms. The second-order valence-electron chi connectivity index (χ2n) is 18.7. The first-order valence-electron chi connectivity index (χ1n) is 23.6. The summed E-state index contributed by atoms with van der Waals surface area (Å²) in [5, 5.41) is 17.4. The number of alkyl carbamates (subject to hydrolysis) is 1. The molecule has 16 nitrogen and oxygen atoms in total. The third-order valence-electron chi connectivity index (χ3n) is 13.9. The summed E-state index contributed by atoms with van der Waals surface area (Å²) in [7, 11) is -3.92. The Balaban J connectivity index is 0.890. The van der Waals surface area contributed by atoms with Gasteiger partial charge in [0.05, 0.1) is 29.0 Å². The SMILES string of the molecule is C=CCC(NC(=O)[C@@H]1CCCN1C(=O)[C@H](CC1CCCCC1)NC(=O)OC1C[C@H]1CCCCCc1c(O)nc2ccccc2c1OCCN1CCOCC1)C(=O)NS(=O)(=O)C1(C)CC1. The zero-order chi connectivity index (χ0) is 45.3. The van der Waals surface area contributed by atoms with Crippen LogP contribution in [0.3, 0.4) is 0 Å². The summed E-state index contributed by atoms with van der Waals surface area (Å²) in [4.78, 5) is 62.8. The summed E-state index contributed by atoms with van der Waals surface area (Å²) in [6, 6.07) is 4.76. The zero-order valence-corrected chi connectivity index (χ0v) is 38.2. The molecule has 5 fully saturated rings.